The van der Waals surface area contributed by atoms with Crippen molar-refractivity contribution in [2.45, 2.75) is 40.2 Å². The van der Waals surface area contributed by atoms with E-state index in [9.17, 15) is 0 Å². The SMILES string of the molecule is CCN(CC)c1ccc(C2CC(c3cc(C)c4ccccc4n3)=NN2c2cc(C)c3ccccc3n2)cc1. The van der Waals surface area contributed by atoms with E-state index in [1.54, 1.807) is 0 Å². The second-order valence-corrected chi connectivity index (χ2v) is 10.0. The first-order valence-corrected chi connectivity index (χ1v) is 13.5. The average molecular weight is 500 g/mol. The molecule has 0 N–H and O–H groups in total. The molecule has 0 amide bonds. The maximum absolute atomic E-state index is 5.19. The fourth-order valence-electron chi connectivity index (χ4n) is 5.58. The fraction of sp³-hybridized carbons (Fsp3) is 0.242. The number of aryl methyl sites for hydroxylation is 2. The molecule has 0 bridgehead atoms. The highest BCUT2D eigenvalue weighted by Gasteiger charge is 2.32. The summed E-state index contributed by atoms with van der Waals surface area (Å²) in [6.45, 7) is 10.7. The van der Waals surface area contributed by atoms with Gasteiger partial charge in [-0.15, -0.1) is 0 Å². The van der Waals surface area contributed by atoms with Gasteiger partial charge < -0.3 is 4.90 Å². The van der Waals surface area contributed by atoms with E-state index in [-0.39, 0.29) is 6.04 Å². The Kier molecular flexibility index (Phi) is 6.28. The summed E-state index contributed by atoms with van der Waals surface area (Å²) in [6.07, 6.45) is 0.767. The van der Waals surface area contributed by atoms with Gasteiger partial charge in [0.05, 0.1) is 28.5 Å². The molecule has 190 valence electrons. The Morgan fingerprint density at radius 1 is 0.763 bits per heavy atom. The minimum Gasteiger partial charge on any atom is -0.372 e. The molecular weight excluding hydrogens is 466 g/mol. The van der Waals surface area contributed by atoms with Gasteiger partial charge in [-0.3, -0.25) is 0 Å². The van der Waals surface area contributed by atoms with Crippen molar-refractivity contribution in [1.29, 1.82) is 0 Å². The number of fused-ring (bicyclic) bond motifs is 2. The summed E-state index contributed by atoms with van der Waals surface area (Å²) in [5.41, 5.74) is 8.80. The molecule has 5 nitrogen and oxygen atoms in total. The van der Waals surface area contributed by atoms with Crippen LogP contribution >= 0.6 is 0 Å². The Morgan fingerprint density at radius 2 is 1.37 bits per heavy atom. The van der Waals surface area contributed by atoms with Crippen LogP contribution in [0, 0.1) is 13.8 Å². The summed E-state index contributed by atoms with van der Waals surface area (Å²) in [6, 6.07) is 30.0. The number of rotatable bonds is 6. The van der Waals surface area contributed by atoms with Crippen LogP contribution in [0.5, 0.6) is 0 Å². The van der Waals surface area contributed by atoms with Crippen LogP contribution in [-0.2, 0) is 0 Å². The summed E-state index contributed by atoms with van der Waals surface area (Å²) >= 11 is 0. The molecule has 0 aliphatic carbocycles. The number of pyridine rings is 2. The van der Waals surface area contributed by atoms with Gasteiger partial charge in [-0.2, -0.15) is 5.10 Å². The number of hydrogen-bond acceptors (Lipinski definition) is 5. The molecule has 0 saturated carbocycles. The van der Waals surface area contributed by atoms with Gasteiger partial charge in [0.2, 0.25) is 0 Å². The molecule has 2 aromatic heterocycles. The van der Waals surface area contributed by atoms with Gasteiger partial charge in [0.1, 0.15) is 5.82 Å². The van der Waals surface area contributed by atoms with Crippen LogP contribution in [0.15, 0.2) is 90.0 Å². The van der Waals surface area contributed by atoms with E-state index in [1.807, 2.05) is 12.1 Å². The number of hydrogen-bond donors (Lipinski definition) is 0. The summed E-state index contributed by atoms with van der Waals surface area (Å²) in [5, 5.41) is 9.65. The number of aromatic nitrogens is 2. The zero-order valence-corrected chi connectivity index (χ0v) is 22.5. The van der Waals surface area contributed by atoms with Crippen molar-refractivity contribution < 1.29 is 0 Å². The molecule has 6 rings (SSSR count). The topological polar surface area (TPSA) is 44.6 Å². The van der Waals surface area contributed by atoms with E-state index < -0.39 is 0 Å². The Morgan fingerprint density at radius 3 is 2.03 bits per heavy atom. The van der Waals surface area contributed by atoms with E-state index in [0.29, 0.717) is 0 Å². The normalized spacial score (nSPS) is 15.3. The molecule has 5 heteroatoms. The largest absolute Gasteiger partial charge is 0.372 e. The Balaban J connectivity index is 1.45. The van der Waals surface area contributed by atoms with Gasteiger partial charge in [0.25, 0.3) is 0 Å². The van der Waals surface area contributed by atoms with Gasteiger partial charge in [0, 0.05) is 36.0 Å². The smallest absolute Gasteiger partial charge is 0.150 e. The minimum absolute atomic E-state index is 0.0393. The van der Waals surface area contributed by atoms with Crippen molar-refractivity contribution in [2.24, 2.45) is 5.10 Å². The van der Waals surface area contributed by atoms with Crippen LogP contribution in [0.2, 0.25) is 0 Å². The van der Waals surface area contributed by atoms with Crippen LogP contribution in [0.25, 0.3) is 21.8 Å². The van der Waals surface area contributed by atoms with Crippen molar-refractivity contribution in [1.82, 2.24) is 9.97 Å². The molecule has 5 aromatic rings. The molecule has 3 heterocycles. The average Bonchev–Trinajstić information content (AvgIpc) is 3.40. The monoisotopic (exact) mass is 499 g/mol. The lowest BCUT2D eigenvalue weighted by molar-refractivity contribution is 0.699. The molecule has 1 atom stereocenters. The predicted molar refractivity (Wildman–Crippen MR) is 159 cm³/mol. The Hall–Kier alpha value is -4.25. The van der Waals surface area contributed by atoms with Gasteiger partial charge >= 0.3 is 0 Å². The van der Waals surface area contributed by atoms with Crippen LogP contribution in [0.4, 0.5) is 11.5 Å². The molecule has 0 radical (unpaired) electrons. The third-order valence-corrected chi connectivity index (χ3v) is 7.68. The minimum atomic E-state index is 0.0393. The molecule has 3 aromatic carbocycles. The van der Waals surface area contributed by atoms with Crippen molar-refractivity contribution >= 4 is 39.0 Å². The number of para-hydroxylation sites is 2. The lowest BCUT2D eigenvalue weighted by atomic mass is 9.98. The van der Waals surface area contributed by atoms with E-state index >= 15 is 0 Å². The molecule has 38 heavy (non-hydrogen) atoms. The number of hydrazone groups is 1. The highest BCUT2D eigenvalue weighted by molar-refractivity contribution is 6.03. The molecule has 0 saturated heterocycles. The second-order valence-electron chi connectivity index (χ2n) is 10.0. The Bertz CT molecular complexity index is 1650. The number of benzene rings is 3. The molecule has 1 aliphatic rings. The van der Waals surface area contributed by atoms with E-state index in [4.69, 9.17) is 15.1 Å². The van der Waals surface area contributed by atoms with Crippen LogP contribution in [-0.4, -0.2) is 28.8 Å². The summed E-state index contributed by atoms with van der Waals surface area (Å²) in [5.74, 6) is 0.867. The lowest BCUT2D eigenvalue weighted by Gasteiger charge is -2.25. The molecule has 1 unspecified atom stereocenters. The van der Waals surface area contributed by atoms with Crippen molar-refractivity contribution in [2.75, 3.05) is 23.0 Å². The highest BCUT2D eigenvalue weighted by Crippen LogP contribution is 2.38. The Labute approximate surface area is 224 Å². The quantitative estimate of drug-likeness (QED) is 0.241. The molecule has 0 spiro atoms. The van der Waals surface area contributed by atoms with Gasteiger partial charge in [-0.25, -0.2) is 15.0 Å². The summed E-state index contributed by atoms with van der Waals surface area (Å²) in [4.78, 5) is 12.4. The zero-order chi connectivity index (χ0) is 26.2. The van der Waals surface area contributed by atoms with Crippen molar-refractivity contribution in [3.05, 3.63) is 107 Å². The highest BCUT2D eigenvalue weighted by atomic mass is 15.5. The summed E-state index contributed by atoms with van der Waals surface area (Å²) in [7, 11) is 0. The first-order valence-electron chi connectivity index (χ1n) is 13.5. The van der Waals surface area contributed by atoms with Crippen LogP contribution in [0.3, 0.4) is 0 Å². The third-order valence-electron chi connectivity index (χ3n) is 7.68. The standard InChI is InChI=1S/C33H33N5/c1-5-37(6-2)25-17-15-24(16-18-25)32-21-31(30-19-22(3)26-11-7-9-13-28(26)34-30)36-38(32)33-20-23(4)27-12-8-10-14-29(27)35-33/h7-20,32H,5-6,21H2,1-4H3. The second kappa shape index (κ2) is 9.90. The fourth-order valence-corrected chi connectivity index (χ4v) is 5.58. The maximum atomic E-state index is 5.19. The number of nitrogens with zero attached hydrogens (tertiary/aromatic N) is 5. The maximum Gasteiger partial charge on any atom is 0.150 e. The zero-order valence-electron chi connectivity index (χ0n) is 22.5. The number of anilines is 2. The van der Waals surface area contributed by atoms with E-state index in [1.165, 1.54) is 33.2 Å². The van der Waals surface area contributed by atoms with Crippen molar-refractivity contribution in [3.8, 4) is 0 Å². The van der Waals surface area contributed by atoms with Crippen LogP contribution < -0.4 is 9.91 Å². The molecule has 0 fully saturated rings. The predicted octanol–water partition coefficient (Wildman–Crippen LogP) is 7.60. The van der Waals surface area contributed by atoms with Crippen LogP contribution in [0.1, 0.15) is 48.7 Å². The molecule has 1 aliphatic heterocycles. The molecular formula is C33H33N5. The first-order chi connectivity index (χ1) is 18.6. The lowest BCUT2D eigenvalue weighted by Crippen LogP contribution is -2.22. The van der Waals surface area contributed by atoms with Gasteiger partial charge in [-0.1, -0.05) is 48.5 Å². The van der Waals surface area contributed by atoms with Gasteiger partial charge in [0.15, 0.2) is 0 Å². The third kappa shape index (κ3) is 4.28. The van der Waals surface area contributed by atoms with E-state index in [2.05, 4.69) is 110 Å². The van der Waals surface area contributed by atoms with Gasteiger partial charge in [-0.05, 0) is 80.8 Å². The summed E-state index contributed by atoms with van der Waals surface area (Å²) < 4.78 is 0. The van der Waals surface area contributed by atoms with E-state index in [0.717, 1.165) is 47.8 Å². The first kappa shape index (κ1) is 24.1. The van der Waals surface area contributed by atoms with Crippen molar-refractivity contribution in [3.63, 3.8) is 0 Å².